The Morgan fingerprint density at radius 2 is 2.30 bits per heavy atom. The number of nitrogens with one attached hydrogen (secondary N) is 1. The molecule has 0 radical (unpaired) electrons. The summed E-state index contributed by atoms with van der Waals surface area (Å²) in [5.41, 5.74) is 1.94. The Bertz CT molecular complexity index is 920. The van der Waals surface area contributed by atoms with Crippen molar-refractivity contribution in [1.29, 1.82) is 5.26 Å². The number of ether oxygens (including phenoxy) is 2. The lowest BCUT2D eigenvalue weighted by atomic mass is 10.1. The molecule has 1 saturated heterocycles. The van der Waals surface area contributed by atoms with Crippen LogP contribution in [0.5, 0.6) is 5.75 Å². The molecule has 2 aromatic rings. The highest BCUT2D eigenvalue weighted by atomic mass is 32.1. The van der Waals surface area contributed by atoms with Crippen LogP contribution in [-0.2, 0) is 11.3 Å². The lowest BCUT2D eigenvalue weighted by Crippen LogP contribution is -2.36. The van der Waals surface area contributed by atoms with Gasteiger partial charge in [-0.15, -0.1) is 11.3 Å². The van der Waals surface area contributed by atoms with Gasteiger partial charge in [0.2, 0.25) is 0 Å². The molecule has 1 aromatic heterocycles. The lowest BCUT2D eigenvalue weighted by molar-refractivity contribution is 0.0714. The first-order chi connectivity index (χ1) is 13.2. The second-order valence-electron chi connectivity index (χ2n) is 6.67. The monoisotopic (exact) mass is 384 g/mol. The van der Waals surface area contributed by atoms with Gasteiger partial charge in [-0.05, 0) is 12.5 Å². The summed E-state index contributed by atoms with van der Waals surface area (Å²) in [7, 11) is 3.22. The van der Waals surface area contributed by atoms with Crippen LogP contribution in [0.25, 0.3) is 10.6 Å². The highest BCUT2D eigenvalue weighted by Gasteiger charge is 2.39. The largest absolute Gasteiger partial charge is 0.495 e. The molecule has 7 nitrogen and oxygen atoms in total. The van der Waals surface area contributed by atoms with Crippen LogP contribution in [0, 0.1) is 11.3 Å². The minimum Gasteiger partial charge on any atom is -0.495 e. The van der Waals surface area contributed by atoms with Crippen molar-refractivity contribution >= 4 is 17.2 Å². The number of hydrogen-bond acceptors (Lipinski definition) is 7. The van der Waals surface area contributed by atoms with E-state index in [1.54, 1.807) is 13.2 Å². The number of benzene rings is 1. The summed E-state index contributed by atoms with van der Waals surface area (Å²) >= 11 is 1.35. The summed E-state index contributed by atoms with van der Waals surface area (Å²) in [6.45, 7) is 1.94. The van der Waals surface area contributed by atoms with Crippen LogP contribution in [0.15, 0.2) is 18.2 Å². The van der Waals surface area contributed by atoms with E-state index in [1.165, 1.54) is 18.4 Å². The van der Waals surface area contributed by atoms with Crippen LogP contribution in [0.4, 0.5) is 0 Å². The van der Waals surface area contributed by atoms with Gasteiger partial charge in [0, 0.05) is 31.3 Å². The molecular weight excluding hydrogens is 364 g/mol. The second-order valence-corrected chi connectivity index (χ2v) is 7.67. The van der Waals surface area contributed by atoms with Gasteiger partial charge in [-0.25, -0.2) is 4.98 Å². The first-order valence-corrected chi connectivity index (χ1v) is 9.58. The summed E-state index contributed by atoms with van der Waals surface area (Å²) < 4.78 is 10.5. The molecule has 27 heavy (non-hydrogen) atoms. The quantitative estimate of drug-likeness (QED) is 0.849. The molecule has 2 aliphatic rings. The second kappa shape index (κ2) is 7.27. The molecule has 1 amide bonds. The Labute approximate surface area is 161 Å². The molecule has 2 atom stereocenters. The Hall–Kier alpha value is -2.47. The fourth-order valence-corrected chi connectivity index (χ4v) is 4.82. The van der Waals surface area contributed by atoms with Gasteiger partial charge in [0.05, 0.1) is 26.0 Å². The van der Waals surface area contributed by atoms with Crippen LogP contribution >= 0.6 is 11.3 Å². The number of aromatic nitrogens is 1. The van der Waals surface area contributed by atoms with Gasteiger partial charge in [-0.3, -0.25) is 4.79 Å². The molecule has 0 spiro atoms. The normalized spacial score (nSPS) is 21.4. The first kappa shape index (κ1) is 17.9. The lowest BCUT2D eigenvalue weighted by Gasteiger charge is -2.23. The van der Waals surface area contributed by atoms with E-state index < -0.39 is 0 Å². The van der Waals surface area contributed by atoms with E-state index in [0.717, 1.165) is 18.7 Å². The van der Waals surface area contributed by atoms with E-state index in [9.17, 15) is 10.1 Å². The van der Waals surface area contributed by atoms with Gasteiger partial charge in [0.25, 0.3) is 5.91 Å². The molecule has 1 aromatic carbocycles. The highest BCUT2D eigenvalue weighted by molar-refractivity contribution is 7.17. The van der Waals surface area contributed by atoms with Crippen molar-refractivity contribution in [2.45, 2.75) is 25.0 Å². The molecule has 1 fully saturated rings. The van der Waals surface area contributed by atoms with Crippen molar-refractivity contribution in [2.24, 2.45) is 0 Å². The van der Waals surface area contributed by atoms with E-state index >= 15 is 0 Å². The van der Waals surface area contributed by atoms with Gasteiger partial charge in [-0.1, -0.05) is 12.1 Å². The summed E-state index contributed by atoms with van der Waals surface area (Å²) in [5, 5.41) is 13.6. The van der Waals surface area contributed by atoms with Gasteiger partial charge in [0.15, 0.2) is 0 Å². The molecule has 140 valence electrons. The molecule has 0 bridgehead atoms. The van der Waals surface area contributed by atoms with Crippen LogP contribution in [0.2, 0.25) is 0 Å². The number of fused-ring (bicyclic) bond motifs is 1. The van der Waals surface area contributed by atoms with Gasteiger partial charge in [0.1, 0.15) is 27.3 Å². The maximum absolute atomic E-state index is 12.9. The third-order valence-corrected chi connectivity index (χ3v) is 6.19. The van der Waals surface area contributed by atoms with Crippen molar-refractivity contribution in [3.63, 3.8) is 0 Å². The zero-order valence-corrected chi connectivity index (χ0v) is 16.0. The zero-order valence-electron chi connectivity index (χ0n) is 15.2. The maximum atomic E-state index is 12.9. The van der Waals surface area contributed by atoms with Crippen molar-refractivity contribution in [2.75, 3.05) is 27.4 Å². The van der Waals surface area contributed by atoms with Crippen molar-refractivity contribution < 1.29 is 14.3 Å². The number of hydrogen-bond donors (Lipinski definition) is 1. The van der Waals surface area contributed by atoms with Crippen molar-refractivity contribution in [3.05, 3.63) is 34.3 Å². The summed E-state index contributed by atoms with van der Waals surface area (Å²) in [4.78, 5) is 20.2. The van der Waals surface area contributed by atoms with E-state index in [2.05, 4.69) is 16.4 Å². The van der Waals surface area contributed by atoms with Crippen LogP contribution in [0.3, 0.4) is 0 Å². The Balaban J connectivity index is 1.58. The number of carbonyl (C=O) groups excluding carboxylic acids is 1. The van der Waals surface area contributed by atoms with Gasteiger partial charge < -0.3 is 19.7 Å². The molecule has 1 N–H and O–H groups in total. The van der Waals surface area contributed by atoms with E-state index in [4.69, 9.17) is 9.47 Å². The number of nitriles is 1. The fraction of sp³-hybridized carbons (Fsp3) is 0.421. The number of thiazole rings is 1. The molecule has 2 aliphatic heterocycles. The van der Waals surface area contributed by atoms with E-state index in [0.29, 0.717) is 39.9 Å². The van der Waals surface area contributed by atoms with E-state index in [1.807, 2.05) is 17.0 Å². The number of nitrogens with zero attached hydrogens (tertiary/aromatic N) is 3. The van der Waals surface area contributed by atoms with E-state index in [-0.39, 0.29) is 18.0 Å². The standard InChI is InChI=1S/C19H20N4O3S/c1-25-10-11-6-12(8-21-11)23-9-15-17(19(23)24)27-18(22-15)13-4-3-5-16(26-2)14(13)7-20/h3-5,11-12,21H,6,8-10H2,1-2H3/t11-,12+/m0/s1. The third-order valence-electron chi connectivity index (χ3n) is 5.07. The Morgan fingerprint density at radius 1 is 1.44 bits per heavy atom. The number of methoxy groups -OCH3 is 2. The molecule has 8 heteroatoms. The molecule has 4 rings (SSSR count). The summed E-state index contributed by atoms with van der Waals surface area (Å²) in [5.74, 6) is 0.541. The predicted octanol–water partition coefficient (Wildman–Crippen LogP) is 2.02. The number of amides is 1. The van der Waals surface area contributed by atoms with Crippen molar-refractivity contribution in [3.8, 4) is 22.4 Å². The van der Waals surface area contributed by atoms with Crippen molar-refractivity contribution in [1.82, 2.24) is 15.2 Å². The molecule has 3 heterocycles. The maximum Gasteiger partial charge on any atom is 0.266 e. The Kier molecular flexibility index (Phi) is 4.83. The predicted molar refractivity (Wildman–Crippen MR) is 101 cm³/mol. The zero-order chi connectivity index (χ0) is 19.0. The smallest absolute Gasteiger partial charge is 0.266 e. The first-order valence-electron chi connectivity index (χ1n) is 8.76. The van der Waals surface area contributed by atoms with Gasteiger partial charge in [-0.2, -0.15) is 5.26 Å². The minimum absolute atomic E-state index is 0.0278. The average molecular weight is 384 g/mol. The molecular formula is C19H20N4O3S. The number of rotatable bonds is 5. The molecule has 0 saturated carbocycles. The molecule has 0 unspecified atom stereocenters. The van der Waals surface area contributed by atoms with Gasteiger partial charge >= 0.3 is 0 Å². The topological polar surface area (TPSA) is 87.5 Å². The summed E-state index contributed by atoms with van der Waals surface area (Å²) in [6, 6.07) is 8.05. The molecule has 0 aliphatic carbocycles. The van der Waals surface area contributed by atoms with Crippen LogP contribution < -0.4 is 10.1 Å². The number of carbonyl (C=O) groups is 1. The highest BCUT2D eigenvalue weighted by Crippen LogP contribution is 2.38. The summed E-state index contributed by atoms with van der Waals surface area (Å²) in [6.07, 6.45) is 0.885. The van der Waals surface area contributed by atoms with Crippen LogP contribution in [0.1, 0.15) is 27.3 Å². The minimum atomic E-state index is 0.0278. The fourth-order valence-electron chi connectivity index (χ4n) is 3.76. The SMILES string of the molecule is COC[C@@H]1C[C@@H](N2Cc3nc(-c4cccc(OC)c4C#N)sc3C2=O)CN1. The Morgan fingerprint density at radius 3 is 3.00 bits per heavy atom. The third kappa shape index (κ3) is 3.08. The average Bonchev–Trinajstić information content (AvgIpc) is 3.38. The van der Waals surface area contributed by atoms with Crippen LogP contribution in [-0.4, -0.2) is 55.2 Å².